The molecule has 0 saturated heterocycles. The molecule has 0 amide bonds. The van der Waals surface area contributed by atoms with Crippen molar-refractivity contribution in [2.24, 2.45) is 5.41 Å². The fourth-order valence-electron chi connectivity index (χ4n) is 1.28. The van der Waals surface area contributed by atoms with Crippen molar-refractivity contribution in [3.05, 3.63) is 22.5 Å². The number of carbonyl (C=O) groups is 1. The highest BCUT2D eigenvalue weighted by Crippen LogP contribution is 2.20. The maximum Gasteiger partial charge on any atom is 0.313 e. The van der Waals surface area contributed by atoms with Crippen LogP contribution >= 0.6 is 0 Å². The molecule has 7 nitrogen and oxygen atoms in total. The van der Waals surface area contributed by atoms with Gasteiger partial charge < -0.3 is 4.74 Å². The Labute approximate surface area is 92.2 Å². The summed E-state index contributed by atoms with van der Waals surface area (Å²) in [4.78, 5) is 21.3. The number of ether oxygens (including phenoxy) is 1. The van der Waals surface area contributed by atoms with Crippen molar-refractivity contribution >= 4 is 11.7 Å². The number of hydrogen-bond acceptors (Lipinski definition) is 5. The molecule has 0 aliphatic rings. The van der Waals surface area contributed by atoms with Gasteiger partial charge in [0.15, 0.2) is 0 Å². The van der Waals surface area contributed by atoms with Crippen LogP contribution in [0, 0.1) is 15.5 Å². The van der Waals surface area contributed by atoms with Crippen LogP contribution in [0.2, 0.25) is 0 Å². The summed E-state index contributed by atoms with van der Waals surface area (Å²) in [5.41, 5.74) is -0.866. The summed E-state index contributed by atoms with van der Waals surface area (Å²) in [7, 11) is 1.30. The topological polar surface area (TPSA) is 87.3 Å². The lowest BCUT2D eigenvalue weighted by Gasteiger charge is -2.20. The second kappa shape index (κ2) is 4.30. The first-order valence-corrected chi connectivity index (χ1v) is 4.62. The zero-order valence-electron chi connectivity index (χ0n) is 9.34. The highest BCUT2D eigenvalue weighted by Gasteiger charge is 2.30. The Morgan fingerprint density at radius 2 is 2.31 bits per heavy atom. The fourth-order valence-corrected chi connectivity index (χ4v) is 1.28. The Morgan fingerprint density at radius 3 is 2.75 bits per heavy atom. The van der Waals surface area contributed by atoms with Crippen molar-refractivity contribution in [1.29, 1.82) is 0 Å². The normalized spacial score (nSPS) is 11.2. The Bertz CT molecular complexity index is 411. The van der Waals surface area contributed by atoms with Crippen LogP contribution in [0.5, 0.6) is 0 Å². The number of hydrogen-bond donors (Lipinski definition) is 0. The Balaban J connectivity index is 2.80. The van der Waals surface area contributed by atoms with E-state index in [9.17, 15) is 14.9 Å². The molecule has 0 spiro atoms. The number of nitro groups is 1. The van der Waals surface area contributed by atoms with E-state index in [4.69, 9.17) is 0 Å². The van der Waals surface area contributed by atoms with Crippen molar-refractivity contribution in [1.82, 2.24) is 9.78 Å². The van der Waals surface area contributed by atoms with Gasteiger partial charge in [0.05, 0.1) is 24.0 Å². The van der Waals surface area contributed by atoms with Gasteiger partial charge in [-0.25, -0.2) is 0 Å². The number of methoxy groups -OCH3 is 1. The lowest BCUT2D eigenvalue weighted by molar-refractivity contribution is -0.385. The van der Waals surface area contributed by atoms with E-state index in [1.165, 1.54) is 18.0 Å². The van der Waals surface area contributed by atoms with Gasteiger partial charge in [-0.05, 0) is 13.8 Å². The van der Waals surface area contributed by atoms with Crippen LogP contribution < -0.4 is 0 Å². The average Bonchev–Trinajstić information content (AvgIpc) is 2.64. The second-order valence-electron chi connectivity index (χ2n) is 4.03. The molecule has 0 radical (unpaired) electrons. The highest BCUT2D eigenvalue weighted by molar-refractivity contribution is 5.75. The van der Waals surface area contributed by atoms with E-state index < -0.39 is 10.3 Å². The van der Waals surface area contributed by atoms with E-state index in [-0.39, 0.29) is 18.2 Å². The molecule has 1 aromatic heterocycles. The molecular formula is C9H13N3O4. The van der Waals surface area contributed by atoms with Crippen LogP contribution in [0.3, 0.4) is 0 Å². The first-order chi connectivity index (χ1) is 7.36. The number of rotatable bonds is 4. The summed E-state index contributed by atoms with van der Waals surface area (Å²) in [6, 6.07) is 0. The third-order valence-corrected chi connectivity index (χ3v) is 2.13. The Morgan fingerprint density at radius 1 is 1.69 bits per heavy atom. The van der Waals surface area contributed by atoms with Crippen molar-refractivity contribution in [3.8, 4) is 0 Å². The molecule has 0 atom stereocenters. The minimum Gasteiger partial charge on any atom is -0.469 e. The van der Waals surface area contributed by atoms with E-state index in [2.05, 4.69) is 9.84 Å². The van der Waals surface area contributed by atoms with Crippen molar-refractivity contribution in [3.63, 3.8) is 0 Å². The maximum atomic E-state index is 11.4. The van der Waals surface area contributed by atoms with E-state index in [1.54, 1.807) is 13.8 Å². The van der Waals surface area contributed by atoms with Gasteiger partial charge in [-0.3, -0.25) is 19.6 Å². The SMILES string of the molecule is COC(=O)C(C)(C)Cn1cc([N+](=O)[O-])cn1. The van der Waals surface area contributed by atoms with Crippen molar-refractivity contribution < 1.29 is 14.5 Å². The van der Waals surface area contributed by atoms with E-state index in [0.29, 0.717) is 0 Å². The number of aromatic nitrogens is 2. The summed E-state index contributed by atoms with van der Waals surface area (Å²) in [6.07, 6.45) is 2.43. The van der Waals surface area contributed by atoms with Gasteiger partial charge in [-0.1, -0.05) is 0 Å². The lowest BCUT2D eigenvalue weighted by atomic mass is 9.94. The van der Waals surface area contributed by atoms with Gasteiger partial charge in [0, 0.05) is 0 Å². The van der Waals surface area contributed by atoms with E-state index in [1.807, 2.05) is 0 Å². The molecule has 1 rings (SSSR count). The fraction of sp³-hybridized carbons (Fsp3) is 0.556. The molecule has 0 aliphatic carbocycles. The number of carbonyl (C=O) groups excluding carboxylic acids is 1. The van der Waals surface area contributed by atoms with E-state index in [0.717, 1.165) is 6.20 Å². The molecule has 0 aromatic carbocycles. The third-order valence-electron chi connectivity index (χ3n) is 2.13. The largest absolute Gasteiger partial charge is 0.469 e. The molecular weight excluding hydrogens is 214 g/mol. The van der Waals surface area contributed by atoms with E-state index >= 15 is 0 Å². The van der Waals surface area contributed by atoms with Crippen LogP contribution in [0.25, 0.3) is 0 Å². The molecule has 0 fully saturated rings. The predicted molar refractivity (Wildman–Crippen MR) is 54.7 cm³/mol. The Hall–Kier alpha value is -1.92. The summed E-state index contributed by atoms with van der Waals surface area (Å²) in [5.74, 6) is -0.384. The summed E-state index contributed by atoms with van der Waals surface area (Å²) in [6.45, 7) is 3.60. The molecule has 0 aliphatic heterocycles. The van der Waals surface area contributed by atoms with Gasteiger partial charge in [-0.15, -0.1) is 0 Å². The average molecular weight is 227 g/mol. The molecule has 1 aromatic rings. The van der Waals surface area contributed by atoms with Gasteiger partial charge in [0.1, 0.15) is 12.4 Å². The first kappa shape index (κ1) is 12.2. The van der Waals surface area contributed by atoms with Crippen LogP contribution in [-0.2, 0) is 16.1 Å². The molecule has 1 heterocycles. The van der Waals surface area contributed by atoms with Gasteiger partial charge in [0.25, 0.3) is 0 Å². The maximum absolute atomic E-state index is 11.4. The first-order valence-electron chi connectivity index (χ1n) is 4.62. The summed E-state index contributed by atoms with van der Waals surface area (Å²) in [5, 5.41) is 14.2. The number of esters is 1. The molecule has 0 N–H and O–H groups in total. The molecule has 0 saturated carbocycles. The van der Waals surface area contributed by atoms with Gasteiger partial charge in [-0.2, -0.15) is 5.10 Å². The van der Waals surface area contributed by atoms with Crippen LogP contribution in [-0.4, -0.2) is 27.8 Å². The van der Waals surface area contributed by atoms with Crippen molar-refractivity contribution in [2.45, 2.75) is 20.4 Å². The minimum absolute atomic E-state index is 0.0966. The van der Waals surface area contributed by atoms with Gasteiger partial charge >= 0.3 is 11.7 Å². The smallest absolute Gasteiger partial charge is 0.313 e. The predicted octanol–water partition coefficient (Wildman–Crippen LogP) is 0.990. The zero-order chi connectivity index (χ0) is 12.3. The van der Waals surface area contributed by atoms with Gasteiger partial charge in [0.2, 0.25) is 0 Å². The lowest BCUT2D eigenvalue weighted by Crippen LogP contribution is -2.30. The molecule has 7 heteroatoms. The number of nitrogens with zero attached hydrogens (tertiary/aromatic N) is 3. The summed E-state index contributed by atoms with van der Waals surface area (Å²) < 4.78 is 5.98. The zero-order valence-corrected chi connectivity index (χ0v) is 9.34. The highest BCUT2D eigenvalue weighted by atomic mass is 16.6. The van der Waals surface area contributed by atoms with Crippen LogP contribution in [0.1, 0.15) is 13.8 Å². The molecule has 0 unspecified atom stereocenters. The third kappa shape index (κ3) is 2.56. The van der Waals surface area contributed by atoms with Crippen molar-refractivity contribution in [2.75, 3.05) is 7.11 Å². The van der Waals surface area contributed by atoms with Crippen LogP contribution in [0.15, 0.2) is 12.4 Å². The van der Waals surface area contributed by atoms with Crippen LogP contribution in [0.4, 0.5) is 5.69 Å². The molecule has 88 valence electrons. The summed E-state index contributed by atoms with van der Waals surface area (Å²) >= 11 is 0. The monoisotopic (exact) mass is 227 g/mol. The minimum atomic E-state index is -0.769. The Kier molecular flexibility index (Phi) is 3.26. The quantitative estimate of drug-likeness (QED) is 0.435. The second-order valence-corrected chi connectivity index (χ2v) is 4.03. The molecule has 0 bridgehead atoms. The standard InChI is InChI=1S/C9H13N3O4/c1-9(2,8(13)16-3)6-11-5-7(4-10-11)12(14)15/h4-5H,6H2,1-3H3. The molecule has 16 heavy (non-hydrogen) atoms.